The molecule has 0 saturated carbocycles. The molecule has 1 heterocycles. The molecule has 0 bridgehead atoms. The summed E-state index contributed by atoms with van der Waals surface area (Å²) in [6.45, 7) is 0.850. The van der Waals surface area contributed by atoms with E-state index in [1.165, 1.54) is 5.56 Å². The monoisotopic (exact) mass is 227 g/mol. The summed E-state index contributed by atoms with van der Waals surface area (Å²) in [5, 5.41) is 3.11. The summed E-state index contributed by atoms with van der Waals surface area (Å²) in [5.41, 5.74) is 2.33. The topological polar surface area (TPSA) is 28.2 Å². The highest BCUT2D eigenvalue weighted by molar-refractivity contribution is 5.58. The highest BCUT2D eigenvalue weighted by Crippen LogP contribution is 2.20. The molecule has 0 saturated heterocycles. The second-order valence-electron chi connectivity index (χ2n) is 3.95. The van der Waals surface area contributed by atoms with E-state index < -0.39 is 0 Å². The number of hydrogen-bond donors (Lipinski definition) is 1. The van der Waals surface area contributed by atoms with Crippen LogP contribution in [0.5, 0.6) is 0 Å². The van der Waals surface area contributed by atoms with Gasteiger partial charge in [-0.15, -0.1) is 0 Å². The molecular weight excluding hydrogens is 210 g/mol. The van der Waals surface area contributed by atoms with Gasteiger partial charge in [0.05, 0.1) is 0 Å². The Morgan fingerprint density at radius 1 is 1.12 bits per heavy atom. The van der Waals surface area contributed by atoms with Crippen molar-refractivity contribution in [1.82, 2.24) is 10.3 Å². The standard InChI is InChI=1S/C14H17N3/c1-15-10-12-8-9-14(16-11-12)17(2)13-6-4-3-5-7-13/h3-9,11,15H,10H2,1-2H3. The average Bonchev–Trinajstić information content (AvgIpc) is 2.40. The molecule has 0 aliphatic rings. The van der Waals surface area contributed by atoms with E-state index in [-0.39, 0.29) is 0 Å². The molecule has 3 heteroatoms. The first-order valence-corrected chi connectivity index (χ1v) is 5.69. The number of nitrogens with one attached hydrogen (secondary N) is 1. The Balaban J connectivity index is 2.17. The van der Waals surface area contributed by atoms with Crippen LogP contribution in [0.3, 0.4) is 0 Å². The molecule has 0 aliphatic heterocycles. The van der Waals surface area contributed by atoms with E-state index in [1.807, 2.05) is 44.6 Å². The Morgan fingerprint density at radius 2 is 1.88 bits per heavy atom. The minimum absolute atomic E-state index is 0.850. The molecule has 1 aromatic heterocycles. The van der Waals surface area contributed by atoms with E-state index in [2.05, 4.69) is 33.4 Å². The van der Waals surface area contributed by atoms with Gasteiger partial charge in [0.1, 0.15) is 5.82 Å². The smallest absolute Gasteiger partial charge is 0.132 e. The van der Waals surface area contributed by atoms with Gasteiger partial charge in [0, 0.05) is 25.5 Å². The van der Waals surface area contributed by atoms with Crippen molar-refractivity contribution in [2.24, 2.45) is 0 Å². The zero-order valence-electron chi connectivity index (χ0n) is 10.2. The molecule has 2 rings (SSSR count). The Hall–Kier alpha value is -1.87. The maximum absolute atomic E-state index is 4.46. The van der Waals surface area contributed by atoms with Crippen LogP contribution in [0.25, 0.3) is 0 Å². The van der Waals surface area contributed by atoms with Crippen molar-refractivity contribution in [2.75, 3.05) is 19.0 Å². The Morgan fingerprint density at radius 3 is 2.47 bits per heavy atom. The van der Waals surface area contributed by atoms with Gasteiger partial charge in [-0.25, -0.2) is 4.98 Å². The maximum atomic E-state index is 4.46. The van der Waals surface area contributed by atoms with Crippen LogP contribution in [-0.4, -0.2) is 19.1 Å². The number of aromatic nitrogens is 1. The Kier molecular flexibility index (Phi) is 3.73. The maximum Gasteiger partial charge on any atom is 0.132 e. The molecule has 0 radical (unpaired) electrons. The highest BCUT2D eigenvalue weighted by Gasteiger charge is 2.03. The molecule has 0 unspecified atom stereocenters. The SMILES string of the molecule is CNCc1ccc(N(C)c2ccccc2)nc1. The summed E-state index contributed by atoms with van der Waals surface area (Å²) in [7, 11) is 3.96. The van der Waals surface area contributed by atoms with E-state index in [1.54, 1.807) is 0 Å². The first kappa shape index (κ1) is 11.6. The third-order valence-corrected chi connectivity index (χ3v) is 2.68. The summed E-state index contributed by atoms with van der Waals surface area (Å²) in [6, 6.07) is 14.4. The first-order valence-electron chi connectivity index (χ1n) is 5.69. The summed E-state index contributed by atoms with van der Waals surface area (Å²) in [6.07, 6.45) is 1.91. The van der Waals surface area contributed by atoms with Gasteiger partial charge in [-0.1, -0.05) is 24.3 Å². The average molecular weight is 227 g/mol. The second kappa shape index (κ2) is 5.46. The molecule has 0 aliphatic carbocycles. The van der Waals surface area contributed by atoms with Crippen LogP contribution in [0, 0.1) is 0 Å². The van der Waals surface area contributed by atoms with Gasteiger partial charge in [0.25, 0.3) is 0 Å². The number of pyridine rings is 1. The van der Waals surface area contributed by atoms with Crippen molar-refractivity contribution in [3.05, 3.63) is 54.2 Å². The van der Waals surface area contributed by atoms with Gasteiger partial charge in [-0.05, 0) is 30.8 Å². The van der Waals surface area contributed by atoms with Crippen LogP contribution in [0.4, 0.5) is 11.5 Å². The first-order chi connectivity index (χ1) is 8.31. The summed E-state index contributed by atoms with van der Waals surface area (Å²) < 4.78 is 0. The minimum atomic E-state index is 0.850. The van der Waals surface area contributed by atoms with E-state index >= 15 is 0 Å². The molecular formula is C14H17N3. The predicted molar refractivity (Wildman–Crippen MR) is 71.5 cm³/mol. The van der Waals surface area contributed by atoms with Crippen LogP contribution < -0.4 is 10.2 Å². The molecule has 2 aromatic rings. The molecule has 0 atom stereocenters. The van der Waals surface area contributed by atoms with Gasteiger partial charge < -0.3 is 10.2 Å². The number of hydrogen-bond acceptors (Lipinski definition) is 3. The third kappa shape index (κ3) is 2.82. The fourth-order valence-electron chi connectivity index (χ4n) is 1.71. The summed E-state index contributed by atoms with van der Waals surface area (Å²) in [4.78, 5) is 6.53. The molecule has 1 aromatic carbocycles. The lowest BCUT2D eigenvalue weighted by Crippen LogP contribution is -2.11. The minimum Gasteiger partial charge on any atom is -0.329 e. The quantitative estimate of drug-likeness (QED) is 0.870. The lowest BCUT2D eigenvalue weighted by molar-refractivity contribution is 0.813. The number of para-hydroxylation sites is 1. The van der Waals surface area contributed by atoms with Gasteiger partial charge in [-0.2, -0.15) is 0 Å². The Labute approximate surface area is 102 Å². The summed E-state index contributed by atoms with van der Waals surface area (Å²) in [5.74, 6) is 0.955. The molecule has 88 valence electrons. The lowest BCUT2D eigenvalue weighted by Gasteiger charge is -2.18. The fraction of sp³-hybridized carbons (Fsp3) is 0.214. The van der Waals surface area contributed by atoms with Crippen LogP contribution in [0.2, 0.25) is 0 Å². The molecule has 0 amide bonds. The van der Waals surface area contributed by atoms with Gasteiger partial charge in [-0.3, -0.25) is 0 Å². The molecule has 3 nitrogen and oxygen atoms in total. The zero-order valence-corrected chi connectivity index (χ0v) is 10.2. The van der Waals surface area contributed by atoms with E-state index in [9.17, 15) is 0 Å². The largest absolute Gasteiger partial charge is 0.329 e. The van der Waals surface area contributed by atoms with Crippen LogP contribution in [0.1, 0.15) is 5.56 Å². The molecule has 17 heavy (non-hydrogen) atoms. The lowest BCUT2D eigenvalue weighted by atomic mass is 10.2. The van der Waals surface area contributed by atoms with E-state index in [0.717, 1.165) is 18.1 Å². The van der Waals surface area contributed by atoms with Gasteiger partial charge in [0.2, 0.25) is 0 Å². The number of benzene rings is 1. The normalized spacial score (nSPS) is 10.2. The van der Waals surface area contributed by atoms with Crippen LogP contribution in [-0.2, 0) is 6.54 Å². The van der Waals surface area contributed by atoms with E-state index in [0.29, 0.717) is 0 Å². The Bertz CT molecular complexity index is 451. The van der Waals surface area contributed by atoms with E-state index in [4.69, 9.17) is 0 Å². The number of rotatable bonds is 4. The third-order valence-electron chi connectivity index (χ3n) is 2.68. The predicted octanol–water partition coefficient (Wildman–Crippen LogP) is 2.57. The van der Waals surface area contributed by atoms with Crippen LogP contribution in [0.15, 0.2) is 48.7 Å². The van der Waals surface area contributed by atoms with Crippen molar-refractivity contribution < 1.29 is 0 Å². The van der Waals surface area contributed by atoms with Crippen molar-refractivity contribution in [2.45, 2.75) is 6.54 Å². The highest BCUT2D eigenvalue weighted by atomic mass is 15.2. The van der Waals surface area contributed by atoms with Crippen molar-refractivity contribution in [1.29, 1.82) is 0 Å². The number of anilines is 2. The zero-order chi connectivity index (χ0) is 12.1. The molecule has 0 spiro atoms. The van der Waals surface area contributed by atoms with Gasteiger partial charge in [0.15, 0.2) is 0 Å². The summed E-state index contributed by atoms with van der Waals surface area (Å²) >= 11 is 0. The second-order valence-corrected chi connectivity index (χ2v) is 3.95. The van der Waals surface area contributed by atoms with Crippen molar-refractivity contribution >= 4 is 11.5 Å². The molecule has 1 N–H and O–H groups in total. The van der Waals surface area contributed by atoms with Crippen molar-refractivity contribution in [3.63, 3.8) is 0 Å². The number of nitrogens with zero attached hydrogens (tertiary/aromatic N) is 2. The molecule has 0 fully saturated rings. The fourth-order valence-corrected chi connectivity index (χ4v) is 1.71. The van der Waals surface area contributed by atoms with Crippen LogP contribution >= 0.6 is 0 Å². The van der Waals surface area contributed by atoms with Crippen molar-refractivity contribution in [3.8, 4) is 0 Å². The van der Waals surface area contributed by atoms with Gasteiger partial charge >= 0.3 is 0 Å².